The molecule has 1 spiro atoms. The number of aromatic nitrogens is 5. The second kappa shape index (κ2) is 6.88. The number of nitrogens with zero attached hydrogens (tertiary/aromatic N) is 6. The van der Waals surface area contributed by atoms with Gasteiger partial charge in [-0.3, -0.25) is 14.2 Å². The molecule has 0 bridgehead atoms. The molecule has 0 aliphatic carbocycles. The van der Waals surface area contributed by atoms with Crippen molar-refractivity contribution in [1.82, 2.24) is 24.5 Å². The highest BCUT2D eigenvalue weighted by atomic mass is 16.5. The topological polar surface area (TPSA) is 95.1 Å². The van der Waals surface area contributed by atoms with Crippen molar-refractivity contribution in [2.75, 3.05) is 31.7 Å². The van der Waals surface area contributed by atoms with Crippen molar-refractivity contribution < 1.29 is 4.74 Å². The molecule has 4 rings (SSSR count). The van der Waals surface area contributed by atoms with E-state index in [2.05, 4.69) is 20.2 Å². The molecule has 1 saturated heterocycles. The zero-order chi connectivity index (χ0) is 19.0. The van der Waals surface area contributed by atoms with Crippen molar-refractivity contribution >= 4 is 5.82 Å². The predicted octanol–water partition coefficient (Wildman–Crippen LogP) is -0.00728. The molecule has 2 aromatic heterocycles. The minimum Gasteiger partial charge on any atom is -0.383 e. The first-order valence-corrected chi connectivity index (χ1v) is 9.26. The van der Waals surface area contributed by atoms with Crippen LogP contribution in [0.15, 0.2) is 21.7 Å². The van der Waals surface area contributed by atoms with E-state index in [4.69, 9.17) is 4.74 Å². The molecule has 0 unspecified atom stereocenters. The normalized spacial score (nSPS) is 18.1. The Labute approximate surface area is 156 Å². The van der Waals surface area contributed by atoms with Crippen molar-refractivity contribution in [2.45, 2.75) is 39.3 Å². The van der Waals surface area contributed by atoms with Crippen molar-refractivity contribution in [3.63, 3.8) is 0 Å². The maximum atomic E-state index is 12.5. The van der Waals surface area contributed by atoms with Crippen molar-refractivity contribution in [3.05, 3.63) is 44.4 Å². The molecule has 27 heavy (non-hydrogen) atoms. The second-order valence-corrected chi connectivity index (χ2v) is 7.53. The maximum Gasteiger partial charge on any atom is 0.332 e. The number of ether oxygens (including phenoxy) is 1. The molecule has 2 aliphatic rings. The average molecular weight is 372 g/mol. The highest BCUT2D eigenvalue weighted by molar-refractivity contribution is 5.38. The first-order valence-electron chi connectivity index (χ1n) is 9.26. The Morgan fingerprint density at radius 2 is 1.93 bits per heavy atom. The van der Waals surface area contributed by atoms with Crippen LogP contribution in [0.4, 0.5) is 5.82 Å². The van der Waals surface area contributed by atoms with E-state index in [-0.39, 0.29) is 5.41 Å². The summed E-state index contributed by atoms with van der Waals surface area (Å²) in [4.78, 5) is 27.0. The summed E-state index contributed by atoms with van der Waals surface area (Å²) in [6.45, 7) is 4.86. The van der Waals surface area contributed by atoms with Gasteiger partial charge in [0.15, 0.2) is 5.82 Å². The minimum absolute atomic E-state index is 0.0132. The van der Waals surface area contributed by atoms with Gasteiger partial charge in [0, 0.05) is 33.2 Å². The zero-order valence-electron chi connectivity index (χ0n) is 15.7. The number of aryl methyl sites for hydroxylation is 1. The summed E-state index contributed by atoms with van der Waals surface area (Å²) >= 11 is 0. The molecule has 0 atom stereocenters. The van der Waals surface area contributed by atoms with Crippen LogP contribution in [0, 0.1) is 12.3 Å². The van der Waals surface area contributed by atoms with Crippen molar-refractivity contribution in [1.29, 1.82) is 0 Å². The lowest BCUT2D eigenvalue weighted by Crippen LogP contribution is -2.45. The van der Waals surface area contributed by atoms with Crippen LogP contribution in [0.25, 0.3) is 0 Å². The molecule has 144 valence electrons. The fraction of sp³-hybridized carbons (Fsp3) is 0.611. The average Bonchev–Trinajstić information content (AvgIpc) is 3.03. The highest BCUT2D eigenvalue weighted by Crippen LogP contribution is 2.40. The van der Waals surface area contributed by atoms with E-state index in [0.717, 1.165) is 43.9 Å². The largest absolute Gasteiger partial charge is 0.383 e. The Bertz CT molecular complexity index is 941. The molecule has 1 fully saturated rings. The van der Waals surface area contributed by atoms with Gasteiger partial charge in [-0.25, -0.2) is 4.68 Å². The summed E-state index contributed by atoms with van der Waals surface area (Å²) in [7, 11) is 1.56. The van der Waals surface area contributed by atoms with Crippen LogP contribution in [0.2, 0.25) is 0 Å². The van der Waals surface area contributed by atoms with E-state index in [9.17, 15) is 9.59 Å². The van der Waals surface area contributed by atoms with Crippen LogP contribution in [-0.4, -0.2) is 51.4 Å². The third-order valence-corrected chi connectivity index (χ3v) is 5.68. The molecule has 0 N–H and O–H groups in total. The molecular weight excluding hydrogens is 348 g/mol. The van der Waals surface area contributed by atoms with Gasteiger partial charge in [0.1, 0.15) is 5.82 Å². The van der Waals surface area contributed by atoms with E-state index < -0.39 is 11.1 Å². The first kappa shape index (κ1) is 17.8. The lowest BCUT2D eigenvalue weighted by Gasteiger charge is -2.39. The Balaban J connectivity index is 1.51. The van der Waals surface area contributed by atoms with Gasteiger partial charge in [0.05, 0.1) is 18.8 Å². The van der Waals surface area contributed by atoms with Crippen molar-refractivity contribution in [3.8, 4) is 0 Å². The maximum absolute atomic E-state index is 12.5. The number of methoxy groups -OCH3 is 1. The molecular formula is C18H24N6O3. The van der Waals surface area contributed by atoms with Crippen LogP contribution in [0.5, 0.6) is 0 Å². The fourth-order valence-electron chi connectivity index (χ4n) is 4.04. The minimum atomic E-state index is -0.569. The fourth-order valence-corrected chi connectivity index (χ4v) is 4.04. The molecule has 0 aromatic carbocycles. The molecule has 4 heterocycles. The van der Waals surface area contributed by atoms with E-state index >= 15 is 0 Å². The number of hydrogen-bond donors (Lipinski definition) is 0. The smallest absolute Gasteiger partial charge is 0.332 e. The third kappa shape index (κ3) is 3.27. The lowest BCUT2D eigenvalue weighted by molar-refractivity contribution is 0.181. The Morgan fingerprint density at radius 3 is 2.59 bits per heavy atom. The molecule has 0 saturated carbocycles. The van der Waals surface area contributed by atoms with Crippen LogP contribution >= 0.6 is 0 Å². The lowest BCUT2D eigenvalue weighted by atomic mass is 9.77. The zero-order valence-corrected chi connectivity index (χ0v) is 15.7. The van der Waals surface area contributed by atoms with Crippen molar-refractivity contribution in [2.24, 2.45) is 5.41 Å². The molecule has 9 nitrogen and oxygen atoms in total. The van der Waals surface area contributed by atoms with E-state index in [0.29, 0.717) is 25.5 Å². The summed E-state index contributed by atoms with van der Waals surface area (Å²) in [5, 5.41) is 12.8. The van der Waals surface area contributed by atoms with Crippen LogP contribution < -0.4 is 16.0 Å². The van der Waals surface area contributed by atoms with Gasteiger partial charge in [-0.05, 0) is 37.3 Å². The van der Waals surface area contributed by atoms with Gasteiger partial charge in [0.25, 0.3) is 0 Å². The van der Waals surface area contributed by atoms with Gasteiger partial charge in [-0.1, -0.05) is 0 Å². The first-order chi connectivity index (χ1) is 13.0. The van der Waals surface area contributed by atoms with Gasteiger partial charge >= 0.3 is 11.1 Å². The van der Waals surface area contributed by atoms with Crippen LogP contribution in [0.1, 0.15) is 24.4 Å². The summed E-state index contributed by atoms with van der Waals surface area (Å²) in [5.74, 6) is 1.60. The highest BCUT2D eigenvalue weighted by Gasteiger charge is 2.42. The summed E-state index contributed by atoms with van der Waals surface area (Å²) < 4.78 is 7.83. The number of hydrogen-bond acceptors (Lipinski definition) is 7. The predicted molar refractivity (Wildman–Crippen MR) is 99.0 cm³/mol. The number of anilines is 1. The van der Waals surface area contributed by atoms with E-state index in [1.807, 2.05) is 19.1 Å². The molecule has 2 aliphatic heterocycles. The molecule has 2 aromatic rings. The molecule has 0 amide bonds. The quantitative estimate of drug-likeness (QED) is 0.697. The standard InChI is InChI=1S/C18H24N6O3/c1-13-3-4-14(20-19-13)22-7-5-18(6-8-22)11-15-21-24(9-10-27-2)17(26)16(25)23(15)12-18/h3-4H,5-12H2,1-2H3. The Kier molecular flexibility index (Phi) is 4.55. The number of fused-ring (bicyclic) bond motifs is 1. The molecule has 0 radical (unpaired) electrons. The number of rotatable bonds is 4. The summed E-state index contributed by atoms with van der Waals surface area (Å²) in [6, 6.07) is 3.97. The summed E-state index contributed by atoms with van der Waals surface area (Å²) in [5.41, 5.74) is -0.153. The second-order valence-electron chi connectivity index (χ2n) is 7.53. The molecule has 9 heteroatoms. The van der Waals surface area contributed by atoms with Crippen LogP contribution in [-0.2, 0) is 24.2 Å². The van der Waals surface area contributed by atoms with Gasteiger partial charge < -0.3 is 9.64 Å². The van der Waals surface area contributed by atoms with E-state index in [1.165, 1.54) is 4.68 Å². The SMILES string of the molecule is COCCn1nc2n(c(=O)c1=O)CC1(CCN(c3ccc(C)nn3)CC1)C2. The summed E-state index contributed by atoms with van der Waals surface area (Å²) in [6.07, 6.45) is 2.58. The van der Waals surface area contributed by atoms with Gasteiger partial charge in [-0.15, -0.1) is 5.10 Å². The monoisotopic (exact) mass is 372 g/mol. The Hall–Kier alpha value is -2.55. The van der Waals surface area contributed by atoms with Gasteiger partial charge in [0.2, 0.25) is 0 Å². The number of piperidine rings is 1. The van der Waals surface area contributed by atoms with Crippen LogP contribution in [0.3, 0.4) is 0 Å². The Morgan fingerprint density at radius 1 is 1.15 bits per heavy atom. The van der Waals surface area contributed by atoms with Gasteiger partial charge in [-0.2, -0.15) is 10.2 Å². The van der Waals surface area contributed by atoms with E-state index in [1.54, 1.807) is 11.7 Å². The third-order valence-electron chi connectivity index (χ3n) is 5.68.